The van der Waals surface area contributed by atoms with Crippen molar-refractivity contribution in [2.24, 2.45) is 4.99 Å². The van der Waals surface area contributed by atoms with Crippen LogP contribution in [0.4, 0.5) is 11.6 Å². The van der Waals surface area contributed by atoms with E-state index in [4.69, 9.17) is 9.41 Å². The average Bonchev–Trinajstić information content (AvgIpc) is 3.52. The fourth-order valence-electron chi connectivity index (χ4n) is 5.39. The number of benzene rings is 2. The van der Waals surface area contributed by atoms with Crippen molar-refractivity contribution in [3.8, 4) is 0 Å². The summed E-state index contributed by atoms with van der Waals surface area (Å²) in [7, 11) is 0. The average molecular weight is 527 g/mol. The largest absolute Gasteiger partial charge is 0.441 e. The van der Waals surface area contributed by atoms with Gasteiger partial charge in [-0.15, -0.1) is 0 Å². The molecule has 0 bridgehead atoms. The zero-order chi connectivity index (χ0) is 26.4. The number of nitro benzene ring substituents is 1. The summed E-state index contributed by atoms with van der Waals surface area (Å²) in [6.07, 6.45) is 3.30. The highest BCUT2D eigenvalue weighted by atomic mass is 32.1. The number of aryl methyl sites for hydroxylation is 1. The number of nitrogens with zero attached hydrogens (tertiary/aromatic N) is 4. The van der Waals surface area contributed by atoms with Crippen molar-refractivity contribution in [3.63, 3.8) is 0 Å². The monoisotopic (exact) mass is 526 g/mol. The van der Waals surface area contributed by atoms with E-state index in [-0.39, 0.29) is 11.2 Å². The van der Waals surface area contributed by atoms with Crippen LogP contribution in [-0.4, -0.2) is 22.6 Å². The molecule has 0 unspecified atom stereocenters. The third kappa shape index (κ3) is 3.99. The van der Waals surface area contributed by atoms with Crippen LogP contribution < -0.4 is 19.8 Å². The minimum absolute atomic E-state index is 0.000459. The summed E-state index contributed by atoms with van der Waals surface area (Å²) in [4.78, 5) is 32.7. The Kier molecular flexibility index (Phi) is 6.07. The van der Waals surface area contributed by atoms with Gasteiger partial charge in [0, 0.05) is 42.9 Å². The van der Waals surface area contributed by atoms with Crippen molar-refractivity contribution in [1.82, 2.24) is 4.57 Å². The summed E-state index contributed by atoms with van der Waals surface area (Å²) in [5.41, 5.74) is 4.65. The van der Waals surface area contributed by atoms with Crippen molar-refractivity contribution in [3.05, 3.63) is 118 Å². The maximum Gasteiger partial charge on any atom is 0.271 e. The Morgan fingerprint density at radius 2 is 1.95 bits per heavy atom. The summed E-state index contributed by atoms with van der Waals surface area (Å²) in [6, 6.07) is 18.1. The standard InChI is InChI=1S/C29H26N4O4S/c1-3-31(4-2)25-15-13-21(37-25)17-24-28(34)32-27(19-9-7-10-20(16-19)33(35)36)23-14-12-18-8-5-6-11-22(18)26(23)30-29(32)38-24/h5-11,13,15-17,27H,3-4,12,14H2,1-2H3/b24-17-/t27-/m0/s1. The summed E-state index contributed by atoms with van der Waals surface area (Å²) < 4.78 is 8.22. The molecule has 38 heavy (non-hydrogen) atoms. The molecular weight excluding hydrogens is 500 g/mol. The Hall–Kier alpha value is -4.24. The zero-order valence-electron chi connectivity index (χ0n) is 21.1. The molecule has 0 saturated carbocycles. The molecule has 0 fully saturated rings. The zero-order valence-corrected chi connectivity index (χ0v) is 21.9. The molecule has 6 rings (SSSR count). The Balaban J connectivity index is 1.56. The normalized spacial score (nSPS) is 16.5. The fraction of sp³-hybridized carbons (Fsp3) is 0.241. The van der Waals surface area contributed by atoms with Crippen molar-refractivity contribution in [1.29, 1.82) is 0 Å². The van der Waals surface area contributed by atoms with E-state index >= 15 is 0 Å². The van der Waals surface area contributed by atoms with Gasteiger partial charge in [0.1, 0.15) is 5.76 Å². The lowest BCUT2D eigenvalue weighted by molar-refractivity contribution is -0.384. The van der Waals surface area contributed by atoms with Crippen LogP contribution >= 0.6 is 11.3 Å². The Labute approximate surface area is 222 Å². The van der Waals surface area contributed by atoms with Crippen LogP contribution in [0.5, 0.6) is 0 Å². The first kappa shape index (κ1) is 24.1. The highest BCUT2D eigenvalue weighted by molar-refractivity contribution is 7.07. The summed E-state index contributed by atoms with van der Waals surface area (Å²) >= 11 is 1.31. The van der Waals surface area contributed by atoms with E-state index in [1.165, 1.54) is 23.0 Å². The molecule has 8 nitrogen and oxygen atoms in total. The van der Waals surface area contributed by atoms with E-state index in [2.05, 4.69) is 30.9 Å². The molecule has 0 N–H and O–H groups in total. The van der Waals surface area contributed by atoms with Gasteiger partial charge >= 0.3 is 0 Å². The van der Waals surface area contributed by atoms with Crippen LogP contribution in [0.15, 0.2) is 80.4 Å². The maximum atomic E-state index is 13.9. The lowest BCUT2D eigenvalue weighted by Crippen LogP contribution is -2.38. The minimum Gasteiger partial charge on any atom is -0.441 e. The van der Waals surface area contributed by atoms with Gasteiger partial charge in [0.05, 0.1) is 21.2 Å². The molecule has 1 aliphatic heterocycles. The van der Waals surface area contributed by atoms with E-state index in [1.54, 1.807) is 22.8 Å². The number of anilines is 1. The van der Waals surface area contributed by atoms with Gasteiger partial charge in [-0.25, -0.2) is 4.99 Å². The molecule has 2 aromatic carbocycles. The second kappa shape index (κ2) is 9.57. The predicted octanol–water partition coefficient (Wildman–Crippen LogP) is 4.67. The molecule has 1 atom stereocenters. The number of furan rings is 1. The molecule has 192 valence electrons. The molecular formula is C29H26N4O4S. The number of thiazole rings is 1. The van der Waals surface area contributed by atoms with E-state index in [9.17, 15) is 14.9 Å². The van der Waals surface area contributed by atoms with Crippen molar-refractivity contribution < 1.29 is 9.34 Å². The van der Waals surface area contributed by atoms with E-state index in [0.29, 0.717) is 20.7 Å². The van der Waals surface area contributed by atoms with Crippen LogP contribution in [-0.2, 0) is 6.42 Å². The predicted molar refractivity (Wildman–Crippen MR) is 148 cm³/mol. The van der Waals surface area contributed by atoms with Crippen LogP contribution in [0.2, 0.25) is 0 Å². The maximum absolute atomic E-state index is 13.9. The van der Waals surface area contributed by atoms with Gasteiger partial charge in [0.2, 0.25) is 0 Å². The van der Waals surface area contributed by atoms with Crippen LogP contribution in [0.1, 0.15) is 48.8 Å². The second-order valence-electron chi connectivity index (χ2n) is 9.31. The third-order valence-electron chi connectivity index (χ3n) is 7.23. The van der Waals surface area contributed by atoms with Crippen molar-refractivity contribution >= 4 is 34.7 Å². The third-order valence-corrected chi connectivity index (χ3v) is 8.21. The van der Waals surface area contributed by atoms with E-state index in [1.807, 2.05) is 30.3 Å². The molecule has 3 heterocycles. The highest BCUT2D eigenvalue weighted by Gasteiger charge is 2.33. The number of allylic oxidation sites excluding steroid dienone is 1. The highest BCUT2D eigenvalue weighted by Crippen LogP contribution is 2.41. The summed E-state index contributed by atoms with van der Waals surface area (Å²) in [5.74, 6) is 1.36. The quantitative estimate of drug-likeness (QED) is 0.269. The molecule has 2 aromatic heterocycles. The minimum atomic E-state index is -0.473. The number of rotatable bonds is 6. The Morgan fingerprint density at radius 1 is 1.13 bits per heavy atom. The van der Waals surface area contributed by atoms with E-state index in [0.717, 1.165) is 48.6 Å². The topological polar surface area (TPSA) is 93.9 Å². The smallest absolute Gasteiger partial charge is 0.271 e. The van der Waals surface area contributed by atoms with Gasteiger partial charge in [-0.1, -0.05) is 47.7 Å². The SMILES string of the molecule is CCN(CC)c1ccc(/C=c2\sc3n(c2=O)[C@@H](c2cccc([N+](=O)[O-])c2)C2=C(N=3)c3ccccc3CC2)o1. The second-order valence-corrected chi connectivity index (χ2v) is 10.3. The van der Waals surface area contributed by atoms with Gasteiger partial charge in [-0.3, -0.25) is 19.5 Å². The van der Waals surface area contributed by atoms with Crippen LogP contribution in [0, 0.1) is 10.1 Å². The molecule has 0 spiro atoms. The van der Waals surface area contributed by atoms with Crippen LogP contribution in [0.3, 0.4) is 0 Å². The fourth-order valence-corrected chi connectivity index (χ4v) is 6.37. The number of hydrogen-bond donors (Lipinski definition) is 0. The summed E-state index contributed by atoms with van der Waals surface area (Å²) in [5, 5.41) is 11.6. The number of non-ortho nitro benzene ring substituents is 1. The first-order chi connectivity index (χ1) is 18.5. The molecule has 9 heteroatoms. The first-order valence-corrected chi connectivity index (χ1v) is 13.5. The number of hydrogen-bond acceptors (Lipinski definition) is 7. The Morgan fingerprint density at radius 3 is 2.74 bits per heavy atom. The molecule has 0 radical (unpaired) electrons. The molecule has 4 aromatic rings. The van der Waals surface area contributed by atoms with Crippen molar-refractivity contribution in [2.75, 3.05) is 18.0 Å². The van der Waals surface area contributed by atoms with Crippen LogP contribution in [0.25, 0.3) is 11.8 Å². The molecule has 1 aliphatic carbocycles. The van der Waals surface area contributed by atoms with Gasteiger partial charge in [-0.2, -0.15) is 0 Å². The lowest BCUT2D eigenvalue weighted by Gasteiger charge is -2.30. The molecule has 2 aliphatic rings. The van der Waals surface area contributed by atoms with Gasteiger partial charge in [-0.05, 0) is 49.5 Å². The number of fused-ring (bicyclic) bond motifs is 3. The van der Waals surface area contributed by atoms with E-state index < -0.39 is 11.0 Å². The lowest BCUT2D eigenvalue weighted by atomic mass is 9.83. The number of aromatic nitrogens is 1. The first-order valence-electron chi connectivity index (χ1n) is 12.7. The molecule has 0 amide bonds. The van der Waals surface area contributed by atoms with Gasteiger partial charge in [0.25, 0.3) is 11.2 Å². The number of nitro groups is 1. The Bertz CT molecular complexity index is 1770. The molecule has 0 saturated heterocycles. The van der Waals surface area contributed by atoms with Gasteiger partial charge in [0.15, 0.2) is 10.7 Å². The van der Waals surface area contributed by atoms with Gasteiger partial charge < -0.3 is 9.32 Å². The van der Waals surface area contributed by atoms with Crippen molar-refractivity contribution in [2.45, 2.75) is 32.7 Å². The summed E-state index contributed by atoms with van der Waals surface area (Å²) in [6.45, 7) is 5.78.